The average molecular weight is 363 g/mol. The number of ether oxygens (including phenoxy) is 1. The van der Waals surface area contributed by atoms with E-state index in [9.17, 15) is 4.79 Å². The summed E-state index contributed by atoms with van der Waals surface area (Å²) in [5.41, 5.74) is 0.666. The van der Waals surface area contributed by atoms with Gasteiger partial charge in [-0.15, -0.1) is 11.8 Å². The summed E-state index contributed by atoms with van der Waals surface area (Å²) in [7, 11) is 0. The van der Waals surface area contributed by atoms with E-state index in [4.69, 9.17) is 4.74 Å². The molecule has 0 radical (unpaired) electrons. The molecule has 1 amide bonds. The fraction of sp³-hybridized carbons (Fsp3) is 0.700. The number of rotatable bonds is 3. The predicted molar refractivity (Wildman–Crippen MR) is 102 cm³/mol. The lowest BCUT2D eigenvalue weighted by Crippen LogP contribution is -2.36. The van der Waals surface area contributed by atoms with Crippen LogP contribution in [0.25, 0.3) is 0 Å². The molecule has 5 heteroatoms. The van der Waals surface area contributed by atoms with Crippen LogP contribution in [0.4, 0.5) is 4.79 Å². The van der Waals surface area contributed by atoms with Crippen molar-refractivity contribution >= 4 is 17.9 Å². The number of likely N-dealkylation sites (tertiary alicyclic amines) is 1. The zero-order chi connectivity index (χ0) is 17.9. The van der Waals surface area contributed by atoms with Crippen molar-refractivity contribution < 1.29 is 9.53 Å². The second-order valence-electron chi connectivity index (χ2n) is 8.14. The highest BCUT2D eigenvalue weighted by molar-refractivity contribution is 7.99. The van der Waals surface area contributed by atoms with Gasteiger partial charge >= 0.3 is 6.09 Å². The van der Waals surface area contributed by atoms with Crippen molar-refractivity contribution in [3.05, 3.63) is 23.9 Å². The van der Waals surface area contributed by atoms with Crippen LogP contribution in [0.2, 0.25) is 0 Å². The maximum Gasteiger partial charge on any atom is 0.410 e. The number of aromatic nitrogens is 1. The van der Waals surface area contributed by atoms with E-state index in [1.807, 2.05) is 43.6 Å². The number of pyridine rings is 1. The molecule has 3 rings (SSSR count). The van der Waals surface area contributed by atoms with Gasteiger partial charge in [0.1, 0.15) is 5.60 Å². The Balaban J connectivity index is 1.63. The molecule has 4 nitrogen and oxygen atoms in total. The SMILES string of the molecule is CC(C)(C)OC(=O)N1CCC[C@@H]1c1ccc(SC2CCCCC2)nc1. The van der Waals surface area contributed by atoms with Crippen molar-refractivity contribution in [2.75, 3.05) is 6.54 Å². The van der Waals surface area contributed by atoms with E-state index < -0.39 is 5.60 Å². The molecule has 1 aliphatic carbocycles. The molecule has 2 heterocycles. The second kappa shape index (κ2) is 7.98. The number of thioether (sulfide) groups is 1. The third-order valence-electron chi connectivity index (χ3n) is 4.86. The lowest BCUT2D eigenvalue weighted by atomic mass is 10.0. The number of hydrogen-bond acceptors (Lipinski definition) is 4. The molecule has 1 atom stereocenters. The molecule has 0 N–H and O–H groups in total. The summed E-state index contributed by atoms with van der Waals surface area (Å²) in [4.78, 5) is 19.0. The van der Waals surface area contributed by atoms with Gasteiger partial charge in [0.25, 0.3) is 0 Å². The summed E-state index contributed by atoms with van der Waals surface area (Å²) in [6, 6.07) is 4.36. The summed E-state index contributed by atoms with van der Waals surface area (Å²) in [6.45, 7) is 6.50. The number of carbonyl (C=O) groups excluding carboxylic acids is 1. The molecule has 25 heavy (non-hydrogen) atoms. The Morgan fingerprint density at radius 3 is 2.56 bits per heavy atom. The van der Waals surface area contributed by atoms with Gasteiger partial charge in [-0.05, 0) is 58.1 Å². The first kappa shape index (κ1) is 18.6. The van der Waals surface area contributed by atoms with Crippen molar-refractivity contribution in [3.63, 3.8) is 0 Å². The summed E-state index contributed by atoms with van der Waals surface area (Å²) < 4.78 is 5.56. The zero-order valence-corrected chi connectivity index (χ0v) is 16.5. The number of nitrogens with zero attached hydrogens (tertiary/aromatic N) is 2. The molecule has 1 aliphatic heterocycles. The van der Waals surface area contributed by atoms with E-state index in [-0.39, 0.29) is 12.1 Å². The minimum Gasteiger partial charge on any atom is -0.444 e. The van der Waals surface area contributed by atoms with Gasteiger partial charge in [-0.2, -0.15) is 0 Å². The van der Waals surface area contributed by atoms with Gasteiger partial charge in [-0.25, -0.2) is 9.78 Å². The summed E-state index contributed by atoms with van der Waals surface area (Å²) in [5.74, 6) is 0. The van der Waals surface area contributed by atoms with E-state index in [1.165, 1.54) is 32.1 Å². The molecule has 1 saturated carbocycles. The van der Waals surface area contributed by atoms with Crippen molar-refractivity contribution in [3.8, 4) is 0 Å². The molecule has 0 bridgehead atoms. The first-order chi connectivity index (χ1) is 11.9. The van der Waals surface area contributed by atoms with Crippen LogP contribution in [0.15, 0.2) is 23.4 Å². The Bertz CT molecular complexity index is 576. The molecule has 0 spiro atoms. The molecule has 138 valence electrons. The van der Waals surface area contributed by atoms with E-state index in [0.717, 1.165) is 35.2 Å². The van der Waals surface area contributed by atoms with Crippen LogP contribution in [-0.2, 0) is 4.74 Å². The molecule has 0 unspecified atom stereocenters. The quantitative estimate of drug-likeness (QED) is 0.704. The molecule has 1 saturated heterocycles. The van der Waals surface area contributed by atoms with Crippen molar-refractivity contribution in [2.24, 2.45) is 0 Å². The van der Waals surface area contributed by atoms with Crippen LogP contribution in [-0.4, -0.2) is 33.4 Å². The summed E-state index contributed by atoms with van der Waals surface area (Å²) in [5, 5.41) is 1.83. The molecule has 0 aromatic carbocycles. The lowest BCUT2D eigenvalue weighted by molar-refractivity contribution is 0.0224. The van der Waals surface area contributed by atoms with Crippen LogP contribution in [0, 0.1) is 0 Å². The highest BCUT2D eigenvalue weighted by Gasteiger charge is 2.33. The third kappa shape index (κ3) is 5.13. The monoisotopic (exact) mass is 362 g/mol. The molecular formula is C20H30N2O2S. The maximum atomic E-state index is 12.5. The average Bonchev–Trinajstić information content (AvgIpc) is 3.05. The van der Waals surface area contributed by atoms with E-state index in [2.05, 4.69) is 17.1 Å². The molecule has 1 aromatic heterocycles. The Kier molecular flexibility index (Phi) is 5.92. The summed E-state index contributed by atoms with van der Waals surface area (Å²) in [6.07, 6.45) is 10.4. The Morgan fingerprint density at radius 1 is 1.16 bits per heavy atom. The van der Waals surface area contributed by atoms with E-state index >= 15 is 0 Å². The minimum absolute atomic E-state index is 0.0936. The van der Waals surface area contributed by atoms with Crippen molar-refractivity contribution in [1.82, 2.24) is 9.88 Å². The standard InChI is InChI=1S/C20H30N2O2S/c1-20(2,3)24-19(23)22-13-7-10-17(22)15-11-12-18(21-14-15)25-16-8-5-4-6-9-16/h11-12,14,16-17H,4-10,13H2,1-3H3/t17-/m1/s1. The van der Waals surface area contributed by atoms with Crippen LogP contribution in [0.5, 0.6) is 0 Å². The Hall–Kier alpha value is -1.23. The van der Waals surface area contributed by atoms with Crippen molar-refractivity contribution in [2.45, 2.75) is 87.6 Å². The second-order valence-corrected chi connectivity index (χ2v) is 9.46. The van der Waals surface area contributed by atoms with Crippen LogP contribution in [0.1, 0.15) is 77.3 Å². The van der Waals surface area contributed by atoms with Gasteiger partial charge in [-0.1, -0.05) is 25.3 Å². The smallest absolute Gasteiger partial charge is 0.410 e. The van der Waals surface area contributed by atoms with Crippen LogP contribution < -0.4 is 0 Å². The van der Waals surface area contributed by atoms with Gasteiger partial charge in [0.15, 0.2) is 0 Å². The summed E-state index contributed by atoms with van der Waals surface area (Å²) >= 11 is 1.91. The fourth-order valence-electron chi connectivity index (χ4n) is 3.66. The fourth-order valence-corrected chi connectivity index (χ4v) is 4.84. The van der Waals surface area contributed by atoms with Gasteiger partial charge in [0.05, 0.1) is 11.1 Å². The molecular weight excluding hydrogens is 332 g/mol. The van der Waals surface area contributed by atoms with Crippen molar-refractivity contribution in [1.29, 1.82) is 0 Å². The van der Waals surface area contributed by atoms with Gasteiger partial charge < -0.3 is 9.64 Å². The topological polar surface area (TPSA) is 42.4 Å². The van der Waals surface area contributed by atoms with Gasteiger partial charge in [0.2, 0.25) is 0 Å². The molecule has 2 aliphatic rings. The number of amides is 1. The normalized spacial score (nSPS) is 22.2. The highest BCUT2D eigenvalue weighted by atomic mass is 32.2. The first-order valence-electron chi connectivity index (χ1n) is 9.54. The zero-order valence-electron chi connectivity index (χ0n) is 15.7. The maximum absolute atomic E-state index is 12.5. The first-order valence-corrected chi connectivity index (χ1v) is 10.4. The molecule has 2 fully saturated rings. The van der Waals surface area contributed by atoms with Gasteiger partial charge in [-0.3, -0.25) is 0 Å². The number of hydrogen-bond donors (Lipinski definition) is 0. The molecule has 1 aromatic rings. The predicted octanol–water partition coefficient (Wildman–Crippen LogP) is 5.58. The Labute approximate surface area is 155 Å². The lowest BCUT2D eigenvalue weighted by Gasteiger charge is -2.28. The van der Waals surface area contributed by atoms with Crippen LogP contribution in [0.3, 0.4) is 0 Å². The Morgan fingerprint density at radius 2 is 1.92 bits per heavy atom. The highest BCUT2D eigenvalue weighted by Crippen LogP contribution is 2.35. The largest absolute Gasteiger partial charge is 0.444 e. The third-order valence-corrected chi connectivity index (χ3v) is 6.15. The van der Waals surface area contributed by atoms with Crippen LogP contribution >= 0.6 is 11.8 Å². The van der Waals surface area contributed by atoms with Gasteiger partial charge in [0, 0.05) is 18.0 Å². The van der Waals surface area contributed by atoms with E-state index in [1.54, 1.807) is 0 Å². The number of carbonyl (C=O) groups is 1. The van der Waals surface area contributed by atoms with E-state index in [0.29, 0.717) is 0 Å². The minimum atomic E-state index is -0.455.